The summed E-state index contributed by atoms with van der Waals surface area (Å²) in [6, 6.07) is 16.1. The molecule has 0 amide bonds. The quantitative estimate of drug-likeness (QED) is 0.695. The van der Waals surface area contributed by atoms with Gasteiger partial charge in [-0.05, 0) is 43.2 Å². The predicted molar refractivity (Wildman–Crippen MR) is 94.9 cm³/mol. The summed E-state index contributed by atoms with van der Waals surface area (Å²) in [5, 5.41) is 3.50. The number of ether oxygens (including phenoxy) is 1. The molecule has 1 atom stereocenters. The molecule has 3 heteroatoms. The van der Waals surface area contributed by atoms with Crippen LogP contribution >= 0.6 is 0 Å². The number of carbonyl (C=O) groups is 1. The normalized spacial score (nSPS) is 16.5. The summed E-state index contributed by atoms with van der Waals surface area (Å²) >= 11 is 0. The molecule has 0 spiro atoms. The van der Waals surface area contributed by atoms with Crippen LogP contribution in [0.25, 0.3) is 0 Å². The molecule has 0 saturated carbocycles. The van der Waals surface area contributed by atoms with Gasteiger partial charge >= 0.3 is 0 Å². The Bertz CT molecular complexity index is 745. The van der Waals surface area contributed by atoms with E-state index in [2.05, 4.69) is 29.3 Å². The first-order valence-corrected chi connectivity index (χ1v) is 8.24. The number of ketones is 1. The van der Waals surface area contributed by atoms with E-state index in [0.29, 0.717) is 11.6 Å². The maximum Gasteiger partial charge on any atom is 0.159 e. The van der Waals surface area contributed by atoms with Gasteiger partial charge in [0, 0.05) is 35.9 Å². The van der Waals surface area contributed by atoms with Crippen molar-refractivity contribution in [1.29, 1.82) is 0 Å². The van der Waals surface area contributed by atoms with Crippen LogP contribution in [0.2, 0.25) is 0 Å². The lowest BCUT2D eigenvalue weighted by molar-refractivity contribution is 0.101. The highest BCUT2D eigenvalue weighted by molar-refractivity contribution is 5.94. The second-order valence-electron chi connectivity index (χ2n) is 6.02. The Morgan fingerprint density at radius 3 is 2.25 bits per heavy atom. The molecule has 0 radical (unpaired) electrons. The van der Waals surface area contributed by atoms with Crippen molar-refractivity contribution in [2.24, 2.45) is 0 Å². The van der Waals surface area contributed by atoms with Gasteiger partial charge in [0.1, 0.15) is 0 Å². The van der Waals surface area contributed by atoms with Crippen molar-refractivity contribution in [1.82, 2.24) is 5.32 Å². The van der Waals surface area contributed by atoms with Gasteiger partial charge in [-0.2, -0.15) is 0 Å². The first kappa shape index (κ1) is 16.4. The molecule has 2 aromatic carbocycles. The molecule has 1 unspecified atom stereocenters. The number of carbonyl (C=O) groups excluding carboxylic acids is 1. The highest BCUT2D eigenvalue weighted by Gasteiger charge is 2.14. The zero-order valence-electron chi connectivity index (χ0n) is 13.8. The first-order chi connectivity index (χ1) is 11.7. The van der Waals surface area contributed by atoms with E-state index in [9.17, 15) is 4.79 Å². The minimum Gasteiger partial charge on any atom is -0.380 e. The van der Waals surface area contributed by atoms with Crippen LogP contribution in [-0.2, 0) is 11.3 Å². The zero-order valence-corrected chi connectivity index (χ0v) is 13.8. The molecule has 1 aliphatic heterocycles. The van der Waals surface area contributed by atoms with Crippen molar-refractivity contribution in [2.75, 3.05) is 13.2 Å². The fourth-order valence-electron chi connectivity index (χ4n) is 2.60. The second-order valence-corrected chi connectivity index (χ2v) is 6.02. The van der Waals surface area contributed by atoms with E-state index in [1.54, 1.807) is 6.92 Å². The third-order valence-corrected chi connectivity index (χ3v) is 4.12. The lowest BCUT2D eigenvalue weighted by atomic mass is 10.1. The van der Waals surface area contributed by atoms with Crippen molar-refractivity contribution in [3.05, 3.63) is 70.8 Å². The van der Waals surface area contributed by atoms with E-state index < -0.39 is 0 Å². The molecule has 2 aromatic rings. The van der Waals surface area contributed by atoms with Crippen molar-refractivity contribution in [2.45, 2.75) is 25.9 Å². The monoisotopic (exact) mass is 319 g/mol. The summed E-state index contributed by atoms with van der Waals surface area (Å²) in [4.78, 5) is 11.3. The Balaban J connectivity index is 1.58. The molecule has 1 N–H and O–H groups in total. The topological polar surface area (TPSA) is 38.3 Å². The molecule has 0 aliphatic carbocycles. The van der Waals surface area contributed by atoms with E-state index in [-0.39, 0.29) is 5.78 Å². The zero-order chi connectivity index (χ0) is 16.8. The minimum atomic E-state index is 0.0721. The lowest BCUT2D eigenvalue weighted by Crippen LogP contribution is -2.28. The Morgan fingerprint density at radius 2 is 1.71 bits per heavy atom. The van der Waals surface area contributed by atoms with Crippen LogP contribution in [0.5, 0.6) is 0 Å². The van der Waals surface area contributed by atoms with Gasteiger partial charge in [-0.3, -0.25) is 4.79 Å². The maximum atomic E-state index is 11.3. The standard InChI is InChI=1S/C21H21NO2/c1-16(23)20-10-8-18(9-11-20)3-2-17-4-6-19(7-5-17)14-22-21-12-13-24-15-21/h4-11,21-22H,12-15H2,1H3. The highest BCUT2D eigenvalue weighted by Crippen LogP contribution is 2.08. The maximum absolute atomic E-state index is 11.3. The molecule has 3 rings (SSSR count). The van der Waals surface area contributed by atoms with Crippen LogP contribution < -0.4 is 5.32 Å². The van der Waals surface area contributed by atoms with Gasteiger partial charge in [0.2, 0.25) is 0 Å². The van der Waals surface area contributed by atoms with Crippen molar-refractivity contribution in [3.63, 3.8) is 0 Å². The average molecular weight is 319 g/mol. The van der Waals surface area contributed by atoms with E-state index in [4.69, 9.17) is 4.74 Å². The summed E-state index contributed by atoms with van der Waals surface area (Å²) in [5.41, 5.74) is 3.86. The Morgan fingerprint density at radius 1 is 1.08 bits per heavy atom. The fourth-order valence-corrected chi connectivity index (χ4v) is 2.60. The molecule has 1 fully saturated rings. The lowest BCUT2D eigenvalue weighted by Gasteiger charge is -2.10. The Kier molecular flexibility index (Phi) is 5.43. The summed E-state index contributed by atoms with van der Waals surface area (Å²) in [5.74, 6) is 6.36. The number of hydrogen-bond donors (Lipinski definition) is 1. The SMILES string of the molecule is CC(=O)c1ccc(C#Cc2ccc(CNC3CCOC3)cc2)cc1. The molecule has 24 heavy (non-hydrogen) atoms. The molecule has 1 saturated heterocycles. The number of nitrogens with one attached hydrogen (secondary N) is 1. The van der Waals surface area contributed by atoms with Gasteiger partial charge in [0.25, 0.3) is 0 Å². The smallest absolute Gasteiger partial charge is 0.159 e. The van der Waals surface area contributed by atoms with Gasteiger partial charge in [-0.25, -0.2) is 0 Å². The molecular formula is C21H21NO2. The van der Waals surface area contributed by atoms with Crippen LogP contribution in [0.3, 0.4) is 0 Å². The molecule has 122 valence electrons. The first-order valence-electron chi connectivity index (χ1n) is 8.24. The third-order valence-electron chi connectivity index (χ3n) is 4.12. The van der Waals surface area contributed by atoms with Crippen LogP contribution in [0, 0.1) is 11.8 Å². The van der Waals surface area contributed by atoms with E-state index in [1.807, 2.05) is 36.4 Å². The second kappa shape index (κ2) is 7.92. The molecular weight excluding hydrogens is 298 g/mol. The molecule has 0 bridgehead atoms. The van der Waals surface area contributed by atoms with Gasteiger partial charge in [-0.1, -0.05) is 36.1 Å². The Hall–Kier alpha value is -2.41. The van der Waals surface area contributed by atoms with Gasteiger partial charge in [0.15, 0.2) is 5.78 Å². The summed E-state index contributed by atoms with van der Waals surface area (Å²) in [7, 11) is 0. The predicted octanol–water partition coefficient (Wildman–Crippen LogP) is 3.17. The molecule has 3 nitrogen and oxygen atoms in total. The largest absolute Gasteiger partial charge is 0.380 e. The minimum absolute atomic E-state index is 0.0721. The van der Waals surface area contributed by atoms with Crippen LogP contribution in [0.15, 0.2) is 48.5 Å². The molecule has 1 heterocycles. The van der Waals surface area contributed by atoms with Crippen LogP contribution in [0.4, 0.5) is 0 Å². The average Bonchev–Trinajstić information content (AvgIpc) is 3.13. The van der Waals surface area contributed by atoms with E-state index >= 15 is 0 Å². The number of rotatable bonds is 4. The molecule has 0 aromatic heterocycles. The summed E-state index contributed by atoms with van der Waals surface area (Å²) < 4.78 is 5.36. The van der Waals surface area contributed by atoms with Gasteiger partial charge < -0.3 is 10.1 Å². The van der Waals surface area contributed by atoms with Gasteiger partial charge in [0.05, 0.1) is 6.61 Å². The fraction of sp³-hybridized carbons (Fsp3) is 0.286. The summed E-state index contributed by atoms with van der Waals surface area (Å²) in [6.45, 7) is 4.09. The van der Waals surface area contributed by atoms with Crippen LogP contribution in [-0.4, -0.2) is 25.0 Å². The number of Topliss-reactive ketones (excluding diaryl/α,β-unsaturated/α-hetero) is 1. The number of benzene rings is 2. The molecule has 1 aliphatic rings. The number of hydrogen-bond acceptors (Lipinski definition) is 3. The van der Waals surface area contributed by atoms with Crippen molar-refractivity contribution in [3.8, 4) is 11.8 Å². The van der Waals surface area contributed by atoms with Crippen LogP contribution in [0.1, 0.15) is 40.4 Å². The van der Waals surface area contributed by atoms with Gasteiger partial charge in [-0.15, -0.1) is 0 Å². The van der Waals surface area contributed by atoms with Crippen molar-refractivity contribution < 1.29 is 9.53 Å². The van der Waals surface area contributed by atoms with E-state index in [1.165, 1.54) is 5.56 Å². The van der Waals surface area contributed by atoms with E-state index in [0.717, 1.165) is 37.3 Å². The third kappa shape index (κ3) is 4.55. The Labute approximate surface area is 143 Å². The summed E-state index contributed by atoms with van der Waals surface area (Å²) in [6.07, 6.45) is 1.09. The highest BCUT2D eigenvalue weighted by atomic mass is 16.5. The van der Waals surface area contributed by atoms with Crippen molar-refractivity contribution >= 4 is 5.78 Å².